The van der Waals surface area contributed by atoms with Crippen molar-refractivity contribution in [3.63, 3.8) is 0 Å². The molecule has 2 rings (SSSR count). The van der Waals surface area contributed by atoms with Crippen molar-refractivity contribution in [2.45, 2.75) is 18.9 Å². The number of rotatable bonds is 2. The summed E-state index contributed by atoms with van der Waals surface area (Å²) in [5.74, 6) is 0.229. The number of hydrogen-bond donors (Lipinski definition) is 2. The van der Waals surface area contributed by atoms with Crippen LogP contribution in [-0.4, -0.2) is 0 Å². The Morgan fingerprint density at radius 1 is 1.31 bits per heavy atom. The normalized spacial score (nSPS) is 18.6. The van der Waals surface area contributed by atoms with Crippen molar-refractivity contribution >= 4 is 5.69 Å². The first-order chi connectivity index (χ1) is 6.16. The average Bonchev–Trinajstić information content (AvgIpc) is 2.83. The van der Waals surface area contributed by atoms with E-state index in [9.17, 15) is 4.39 Å². The molecule has 3 heteroatoms. The van der Waals surface area contributed by atoms with Gasteiger partial charge in [0.2, 0.25) is 0 Å². The number of hydrogen-bond acceptors (Lipinski definition) is 2. The second-order valence-electron chi connectivity index (χ2n) is 3.68. The summed E-state index contributed by atoms with van der Waals surface area (Å²) in [6.07, 6.45) is 2.30. The highest BCUT2D eigenvalue weighted by Crippen LogP contribution is 2.39. The lowest BCUT2D eigenvalue weighted by molar-refractivity contribution is 0.602. The highest BCUT2D eigenvalue weighted by molar-refractivity contribution is 5.42. The molecule has 0 spiro atoms. The molecule has 70 valence electrons. The first-order valence-corrected chi connectivity index (χ1v) is 4.48. The summed E-state index contributed by atoms with van der Waals surface area (Å²) in [5.41, 5.74) is 12.7. The largest absolute Gasteiger partial charge is 0.399 e. The maximum absolute atomic E-state index is 12.9. The predicted molar refractivity (Wildman–Crippen MR) is 50.5 cm³/mol. The molecule has 1 aliphatic rings. The third kappa shape index (κ3) is 1.80. The van der Waals surface area contributed by atoms with E-state index < -0.39 is 0 Å². The van der Waals surface area contributed by atoms with Crippen molar-refractivity contribution in [1.82, 2.24) is 0 Å². The van der Waals surface area contributed by atoms with E-state index >= 15 is 0 Å². The molecule has 1 fully saturated rings. The van der Waals surface area contributed by atoms with Crippen molar-refractivity contribution in [2.75, 3.05) is 5.73 Å². The second-order valence-corrected chi connectivity index (χ2v) is 3.68. The second kappa shape index (κ2) is 3.00. The van der Waals surface area contributed by atoms with E-state index in [-0.39, 0.29) is 11.9 Å². The van der Waals surface area contributed by atoms with Crippen LogP contribution in [0.1, 0.15) is 24.4 Å². The molecule has 13 heavy (non-hydrogen) atoms. The topological polar surface area (TPSA) is 52.0 Å². The lowest BCUT2D eigenvalue weighted by atomic mass is 10.0. The molecular weight excluding hydrogens is 167 g/mol. The van der Waals surface area contributed by atoms with Gasteiger partial charge in [0.1, 0.15) is 5.82 Å². The fourth-order valence-electron chi connectivity index (χ4n) is 1.56. The number of halogens is 1. The third-order valence-corrected chi connectivity index (χ3v) is 2.46. The molecule has 0 saturated heterocycles. The summed E-state index contributed by atoms with van der Waals surface area (Å²) in [7, 11) is 0. The van der Waals surface area contributed by atoms with Crippen LogP contribution in [0.4, 0.5) is 10.1 Å². The Morgan fingerprint density at radius 3 is 2.54 bits per heavy atom. The summed E-state index contributed by atoms with van der Waals surface area (Å²) in [5, 5.41) is 0. The van der Waals surface area contributed by atoms with Gasteiger partial charge < -0.3 is 11.5 Å². The predicted octanol–water partition coefficient (Wildman–Crippen LogP) is 1.82. The summed E-state index contributed by atoms with van der Waals surface area (Å²) in [4.78, 5) is 0. The van der Waals surface area contributed by atoms with E-state index in [0.29, 0.717) is 11.6 Å². The molecule has 1 saturated carbocycles. The highest BCUT2D eigenvalue weighted by atomic mass is 19.1. The van der Waals surface area contributed by atoms with Crippen molar-refractivity contribution in [3.8, 4) is 0 Å². The molecule has 0 amide bonds. The molecule has 0 unspecified atom stereocenters. The molecule has 0 radical (unpaired) electrons. The van der Waals surface area contributed by atoms with E-state index in [4.69, 9.17) is 11.5 Å². The first kappa shape index (κ1) is 8.51. The molecule has 0 aliphatic heterocycles. The van der Waals surface area contributed by atoms with Gasteiger partial charge in [-0.05, 0) is 42.5 Å². The fraction of sp³-hybridized carbons (Fsp3) is 0.400. The summed E-state index contributed by atoms with van der Waals surface area (Å²) in [6.45, 7) is 0. The minimum Gasteiger partial charge on any atom is -0.399 e. The van der Waals surface area contributed by atoms with Gasteiger partial charge in [-0.25, -0.2) is 4.39 Å². The van der Waals surface area contributed by atoms with Crippen LogP contribution in [0.3, 0.4) is 0 Å². The molecule has 1 atom stereocenters. The minimum absolute atomic E-state index is 0.0435. The quantitative estimate of drug-likeness (QED) is 0.682. The van der Waals surface area contributed by atoms with Gasteiger partial charge in [-0.1, -0.05) is 0 Å². The Balaban J connectivity index is 2.27. The van der Waals surface area contributed by atoms with Crippen LogP contribution in [0.5, 0.6) is 0 Å². The van der Waals surface area contributed by atoms with Crippen molar-refractivity contribution in [3.05, 3.63) is 29.6 Å². The van der Waals surface area contributed by atoms with E-state index in [1.54, 1.807) is 6.07 Å². The monoisotopic (exact) mass is 180 g/mol. The van der Waals surface area contributed by atoms with Gasteiger partial charge in [0.15, 0.2) is 0 Å². The zero-order chi connectivity index (χ0) is 9.42. The molecule has 0 bridgehead atoms. The Kier molecular flexibility index (Phi) is 1.96. The Bertz CT molecular complexity index is 300. The molecular formula is C10H13FN2. The van der Waals surface area contributed by atoms with Crippen molar-refractivity contribution < 1.29 is 4.39 Å². The van der Waals surface area contributed by atoms with Gasteiger partial charge in [-0.15, -0.1) is 0 Å². The zero-order valence-electron chi connectivity index (χ0n) is 7.33. The summed E-state index contributed by atoms with van der Waals surface area (Å²) < 4.78 is 12.9. The maximum Gasteiger partial charge on any atom is 0.125 e. The van der Waals surface area contributed by atoms with Crippen LogP contribution in [-0.2, 0) is 0 Å². The summed E-state index contributed by atoms with van der Waals surface area (Å²) >= 11 is 0. The first-order valence-electron chi connectivity index (χ1n) is 4.48. The molecule has 1 aromatic rings. The Morgan fingerprint density at radius 2 is 2.00 bits per heavy atom. The fourth-order valence-corrected chi connectivity index (χ4v) is 1.56. The Labute approximate surface area is 76.7 Å². The van der Waals surface area contributed by atoms with Gasteiger partial charge in [0.05, 0.1) is 0 Å². The molecule has 1 aliphatic carbocycles. The lowest BCUT2D eigenvalue weighted by Crippen LogP contribution is -2.12. The van der Waals surface area contributed by atoms with Crippen LogP contribution in [0, 0.1) is 11.7 Å². The van der Waals surface area contributed by atoms with Gasteiger partial charge in [0.25, 0.3) is 0 Å². The lowest BCUT2D eigenvalue weighted by Gasteiger charge is -2.11. The number of nitrogen functional groups attached to an aromatic ring is 1. The molecule has 4 N–H and O–H groups in total. The molecule has 0 aromatic heterocycles. The smallest absolute Gasteiger partial charge is 0.125 e. The van der Waals surface area contributed by atoms with Crippen LogP contribution in [0.15, 0.2) is 18.2 Å². The van der Waals surface area contributed by atoms with Gasteiger partial charge in [-0.3, -0.25) is 0 Å². The van der Waals surface area contributed by atoms with Crippen LogP contribution in [0.25, 0.3) is 0 Å². The standard InChI is InChI=1S/C10H13FN2/c11-8-3-7(4-9(12)5-8)10(13)6-1-2-6/h3-6,10H,1-2,12-13H2/t10-/m0/s1. The van der Waals surface area contributed by atoms with E-state index in [1.807, 2.05) is 0 Å². The molecule has 1 aromatic carbocycles. The van der Waals surface area contributed by atoms with E-state index in [2.05, 4.69) is 0 Å². The number of nitrogens with two attached hydrogens (primary N) is 2. The van der Waals surface area contributed by atoms with Gasteiger partial charge in [-0.2, -0.15) is 0 Å². The third-order valence-electron chi connectivity index (χ3n) is 2.46. The van der Waals surface area contributed by atoms with Crippen LogP contribution < -0.4 is 11.5 Å². The number of benzene rings is 1. The van der Waals surface area contributed by atoms with E-state index in [1.165, 1.54) is 12.1 Å². The van der Waals surface area contributed by atoms with Crippen LogP contribution in [0.2, 0.25) is 0 Å². The van der Waals surface area contributed by atoms with Gasteiger partial charge in [0, 0.05) is 11.7 Å². The summed E-state index contributed by atoms with van der Waals surface area (Å²) in [6, 6.07) is 4.49. The van der Waals surface area contributed by atoms with E-state index in [0.717, 1.165) is 18.4 Å². The highest BCUT2D eigenvalue weighted by Gasteiger charge is 2.29. The maximum atomic E-state index is 12.9. The molecule has 0 heterocycles. The van der Waals surface area contributed by atoms with Gasteiger partial charge >= 0.3 is 0 Å². The Hall–Kier alpha value is -1.09. The molecule has 2 nitrogen and oxygen atoms in total. The SMILES string of the molecule is Nc1cc(F)cc([C@@H](N)C2CC2)c1. The average molecular weight is 180 g/mol. The minimum atomic E-state index is -0.300. The van der Waals surface area contributed by atoms with Crippen molar-refractivity contribution in [2.24, 2.45) is 11.7 Å². The van der Waals surface area contributed by atoms with Crippen LogP contribution >= 0.6 is 0 Å². The number of anilines is 1. The zero-order valence-corrected chi connectivity index (χ0v) is 7.33. The van der Waals surface area contributed by atoms with Crippen molar-refractivity contribution in [1.29, 1.82) is 0 Å².